The van der Waals surface area contributed by atoms with Crippen molar-refractivity contribution in [1.29, 1.82) is 0 Å². The minimum atomic E-state index is -0.807. The van der Waals surface area contributed by atoms with E-state index in [1.807, 2.05) is 18.2 Å². The number of nitrogens with two attached hydrogens (primary N) is 1. The number of hydrogen-bond donors (Lipinski definition) is 3. The molecule has 1 heterocycles. The standard InChI is InChI=1S/C21H24N2O2/c1-14-5-8-16(9-6-14)21-17(4-2-3-11-22)18-12-15(13-20(24)25)7-10-19(18)23-21/h5-10,12,23H,2-4,11,13,22H2,1H3,(H,24,25). The fraction of sp³-hybridized carbons (Fsp3) is 0.286. The summed E-state index contributed by atoms with van der Waals surface area (Å²) in [7, 11) is 0. The molecule has 4 heteroatoms. The maximum atomic E-state index is 11.0. The van der Waals surface area contributed by atoms with E-state index in [1.165, 1.54) is 11.1 Å². The SMILES string of the molecule is Cc1ccc(-c2[nH]c3ccc(CC(=O)O)cc3c2CCCCN)cc1. The number of fused-ring (bicyclic) bond motifs is 1. The predicted molar refractivity (Wildman–Crippen MR) is 102 cm³/mol. The van der Waals surface area contributed by atoms with Crippen molar-refractivity contribution in [1.82, 2.24) is 4.98 Å². The number of aromatic nitrogens is 1. The lowest BCUT2D eigenvalue weighted by atomic mass is 9.98. The molecule has 2 aromatic carbocycles. The smallest absolute Gasteiger partial charge is 0.307 e. The fourth-order valence-corrected chi connectivity index (χ4v) is 3.25. The molecule has 4 N–H and O–H groups in total. The molecule has 3 aromatic rings. The zero-order chi connectivity index (χ0) is 17.8. The molecule has 0 aliphatic heterocycles. The van der Waals surface area contributed by atoms with Crippen LogP contribution in [0.25, 0.3) is 22.2 Å². The van der Waals surface area contributed by atoms with Gasteiger partial charge in [-0.05, 0) is 61.6 Å². The van der Waals surface area contributed by atoms with Gasteiger partial charge in [0.25, 0.3) is 0 Å². The number of hydrogen-bond acceptors (Lipinski definition) is 2. The van der Waals surface area contributed by atoms with Gasteiger partial charge in [-0.3, -0.25) is 4.79 Å². The zero-order valence-corrected chi connectivity index (χ0v) is 14.5. The Labute approximate surface area is 147 Å². The van der Waals surface area contributed by atoms with Crippen molar-refractivity contribution in [2.24, 2.45) is 5.73 Å². The number of unbranched alkanes of at least 4 members (excludes halogenated alkanes) is 1. The first kappa shape index (κ1) is 17.2. The van der Waals surface area contributed by atoms with Crippen molar-refractivity contribution < 1.29 is 9.90 Å². The van der Waals surface area contributed by atoms with Crippen molar-refractivity contribution in [3.05, 3.63) is 59.2 Å². The van der Waals surface area contributed by atoms with Crippen LogP contribution in [0.15, 0.2) is 42.5 Å². The van der Waals surface area contributed by atoms with E-state index in [4.69, 9.17) is 10.8 Å². The van der Waals surface area contributed by atoms with Crippen molar-refractivity contribution in [3.8, 4) is 11.3 Å². The maximum absolute atomic E-state index is 11.0. The van der Waals surface area contributed by atoms with Crippen LogP contribution in [-0.4, -0.2) is 22.6 Å². The molecule has 0 spiro atoms. The van der Waals surface area contributed by atoms with Gasteiger partial charge in [-0.15, -0.1) is 0 Å². The second kappa shape index (κ2) is 7.53. The van der Waals surface area contributed by atoms with E-state index in [-0.39, 0.29) is 6.42 Å². The molecule has 4 nitrogen and oxygen atoms in total. The number of rotatable bonds is 7. The van der Waals surface area contributed by atoms with E-state index in [2.05, 4.69) is 36.2 Å². The van der Waals surface area contributed by atoms with Crippen LogP contribution in [0.3, 0.4) is 0 Å². The molecular formula is C21H24N2O2. The van der Waals surface area contributed by atoms with Gasteiger partial charge in [0.15, 0.2) is 0 Å². The summed E-state index contributed by atoms with van der Waals surface area (Å²) in [5.41, 5.74) is 12.3. The molecule has 0 atom stereocenters. The number of H-pyrrole nitrogens is 1. The van der Waals surface area contributed by atoms with Gasteiger partial charge in [0.1, 0.15) is 0 Å². The Kier molecular flexibility index (Phi) is 5.19. The third kappa shape index (κ3) is 3.91. The number of carboxylic acid groups (broad SMARTS) is 1. The number of benzene rings is 2. The van der Waals surface area contributed by atoms with E-state index in [9.17, 15) is 4.79 Å². The summed E-state index contributed by atoms with van der Waals surface area (Å²) in [4.78, 5) is 14.6. The largest absolute Gasteiger partial charge is 0.481 e. The second-order valence-corrected chi connectivity index (χ2v) is 6.54. The number of aromatic amines is 1. The summed E-state index contributed by atoms with van der Waals surface area (Å²) >= 11 is 0. The molecule has 0 amide bonds. The molecule has 130 valence electrons. The minimum Gasteiger partial charge on any atom is -0.481 e. The third-order valence-corrected chi connectivity index (χ3v) is 4.55. The summed E-state index contributed by atoms with van der Waals surface area (Å²) in [5, 5.41) is 10.2. The first-order valence-electron chi connectivity index (χ1n) is 8.71. The van der Waals surface area contributed by atoms with Crippen LogP contribution in [0.4, 0.5) is 0 Å². The Morgan fingerprint density at radius 1 is 1.12 bits per heavy atom. The molecule has 0 saturated carbocycles. The van der Waals surface area contributed by atoms with Crippen LogP contribution in [0, 0.1) is 6.92 Å². The van der Waals surface area contributed by atoms with Gasteiger partial charge in [-0.2, -0.15) is 0 Å². The van der Waals surface area contributed by atoms with Crippen LogP contribution < -0.4 is 5.73 Å². The highest BCUT2D eigenvalue weighted by atomic mass is 16.4. The highest BCUT2D eigenvalue weighted by Gasteiger charge is 2.14. The second-order valence-electron chi connectivity index (χ2n) is 6.54. The van der Waals surface area contributed by atoms with Gasteiger partial charge in [-0.25, -0.2) is 0 Å². The molecule has 0 aliphatic rings. The molecular weight excluding hydrogens is 312 g/mol. The number of nitrogens with one attached hydrogen (secondary N) is 1. The van der Waals surface area contributed by atoms with Gasteiger partial charge in [0, 0.05) is 16.6 Å². The normalized spacial score (nSPS) is 11.1. The molecule has 0 aliphatic carbocycles. The van der Waals surface area contributed by atoms with Crippen molar-refractivity contribution >= 4 is 16.9 Å². The number of carboxylic acids is 1. The molecule has 0 fully saturated rings. The average Bonchev–Trinajstić information content (AvgIpc) is 2.93. The van der Waals surface area contributed by atoms with Gasteiger partial charge in [0.2, 0.25) is 0 Å². The van der Waals surface area contributed by atoms with Crippen LogP contribution in [0.5, 0.6) is 0 Å². The van der Waals surface area contributed by atoms with Crippen molar-refractivity contribution in [3.63, 3.8) is 0 Å². The predicted octanol–water partition coefficient (Wildman–Crippen LogP) is 4.05. The van der Waals surface area contributed by atoms with E-state index >= 15 is 0 Å². The third-order valence-electron chi connectivity index (χ3n) is 4.55. The summed E-state index contributed by atoms with van der Waals surface area (Å²) in [6, 6.07) is 14.4. The number of aliphatic carboxylic acids is 1. The van der Waals surface area contributed by atoms with Gasteiger partial charge in [-0.1, -0.05) is 35.9 Å². The lowest BCUT2D eigenvalue weighted by molar-refractivity contribution is -0.136. The van der Waals surface area contributed by atoms with Crippen molar-refractivity contribution in [2.45, 2.75) is 32.6 Å². The van der Waals surface area contributed by atoms with E-state index < -0.39 is 5.97 Å². The lowest BCUT2D eigenvalue weighted by Gasteiger charge is -2.06. The topological polar surface area (TPSA) is 79.1 Å². The molecule has 1 aromatic heterocycles. The van der Waals surface area contributed by atoms with Gasteiger partial charge >= 0.3 is 5.97 Å². The van der Waals surface area contributed by atoms with Crippen molar-refractivity contribution in [2.75, 3.05) is 6.54 Å². The Balaban J connectivity index is 2.08. The molecule has 0 radical (unpaired) electrons. The average molecular weight is 336 g/mol. The van der Waals surface area contributed by atoms with Gasteiger partial charge < -0.3 is 15.8 Å². The molecule has 0 saturated heterocycles. The Bertz CT molecular complexity index is 879. The molecule has 25 heavy (non-hydrogen) atoms. The Hall–Kier alpha value is -2.59. The zero-order valence-electron chi connectivity index (χ0n) is 14.5. The summed E-state index contributed by atoms with van der Waals surface area (Å²) in [6.07, 6.45) is 2.97. The highest BCUT2D eigenvalue weighted by Crippen LogP contribution is 2.32. The summed E-state index contributed by atoms with van der Waals surface area (Å²) in [5.74, 6) is -0.807. The summed E-state index contributed by atoms with van der Waals surface area (Å²) in [6.45, 7) is 2.77. The maximum Gasteiger partial charge on any atom is 0.307 e. The first-order chi connectivity index (χ1) is 12.1. The van der Waals surface area contributed by atoms with E-state index in [1.54, 1.807) is 0 Å². The highest BCUT2D eigenvalue weighted by molar-refractivity contribution is 5.91. The van der Waals surface area contributed by atoms with Crippen LogP contribution in [-0.2, 0) is 17.6 Å². The summed E-state index contributed by atoms with van der Waals surface area (Å²) < 4.78 is 0. The van der Waals surface area contributed by atoms with E-state index in [0.29, 0.717) is 6.54 Å². The number of aryl methyl sites for hydroxylation is 2. The van der Waals surface area contributed by atoms with Crippen LogP contribution in [0.2, 0.25) is 0 Å². The Morgan fingerprint density at radius 3 is 2.56 bits per heavy atom. The first-order valence-corrected chi connectivity index (χ1v) is 8.71. The molecule has 3 rings (SSSR count). The fourth-order valence-electron chi connectivity index (χ4n) is 3.25. The Morgan fingerprint density at radius 2 is 1.88 bits per heavy atom. The van der Waals surface area contributed by atoms with Crippen LogP contribution >= 0.6 is 0 Å². The van der Waals surface area contributed by atoms with Crippen LogP contribution in [0.1, 0.15) is 29.5 Å². The molecule has 0 unspecified atom stereocenters. The van der Waals surface area contributed by atoms with Gasteiger partial charge in [0.05, 0.1) is 6.42 Å². The quantitative estimate of drug-likeness (QED) is 0.569. The molecule has 0 bridgehead atoms. The van der Waals surface area contributed by atoms with E-state index in [0.717, 1.165) is 47.0 Å². The monoisotopic (exact) mass is 336 g/mol. The lowest BCUT2D eigenvalue weighted by Crippen LogP contribution is -2.00. The number of carbonyl (C=O) groups is 1. The minimum absolute atomic E-state index is 0.0449.